The number of carbonyl (C=O) groups is 2. The van der Waals surface area contributed by atoms with E-state index in [2.05, 4.69) is 11.6 Å². The molecule has 0 aromatic heterocycles. The molecule has 102 valence electrons. The number of aromatic carboxylic acids is 1. The van der Waals surface area contributed by atoms with Crippen molar-refractivity contribution >= 4 is 45.1 Å². The van der Waals surface area contributed by atoms with E-state index in [9.17, 15) is 14.7 Å². The van der Waals surface area contributed by atoms with Crippen molar-refractivity contribution in [3.05, 3.63) is 53.7 Å². The number of hydrogen-bond acceptors (Lipinski definition) is 6. The van der Waals surface area contributed by atoms with E-state index in [1.54, 1.807) is 24.3 Å². The average Bonchev–Trinajstić information content (AvgIpc) is 2.77. The summed E-state index contributed by atoms with van der Waals surface area (Å²) in [5.74, 6) is -0.523. The molecule has 1 aromatic rings. The Morgan fingerprint density at radius 2 is 2.10 bits per heavy atom. The van der Waals surface area contributed by atoms with Gasteiger partial charge in [-0.15, -0.1) is 6.58 Å². The highest BCUT2D eigenvalue weighted by Gasteiger charge is 2.21. The van der Waals surface area contributed by atoms with Crippen molar-refractivity contribution in [1.82, 2.24) is 0 Å². The Labute approximate surface area is 124 Å². The van der Waals surface area contributed by atoms with Crippen LogP contribution in [0.1, 0.15) is 15.9 Å². The second-order valence-electron chi connectivity index (χ2n) is 3.81. The van der Waals surface area contributed by atoms with Crippen molar-refractivity contribution in [3.63, 3.8) is 0 Å². The average molecular weight is 304 g/mol. The fourth-order valence-electron chi connectivity index (χ4n) is 1.45. The van der Waals surface area contributed by atoms with Gasteiger partial charge in [-0.1, -0.05) is 42.1 Å². The van der Waals surface area contributed by atoms with Crippen molar-refractivity contribution < 1.29 is 14.7 Å². The van der Waals surface area contributed by atoms with Gasteiger partial charge in [-0.05, 0) is 29.0 Å². The zero-order valence-electron chi connectivity index (χ0n) is 10.4. The Kier molecular flexibility index (Phi) is 4.81. The molecule has 4 nitrogen and oxygen atoms in total. The standard InChI is InChI=1S/C14H11NO3S2/c1-2-7-19-14-15-11(13(18)20-14)8-9-3-5-10(6-4-9)12(16)17/h2-6,8H,1,7H2,(H,16,17)/p-1. The Bertz CT molecular complexity index is 618. The third-order valence-electron chi connectivity index (χ3n) is 2.38. The molecule has 0 saturated carbocycles. The number of hydrogen-bond donors (Lipinski definition) is 0. The molecule has 1 aliphatic heterocycles. The lowest BCUT2D eigenvalue weighted by Gasteiger charge is -2.01. The summed E-state index contributed by atoms with van der Waals surface area (Å²) in [6.45, 7) is 3.61. The Balaban J connectivity index is 2.17. The maximum atomic E-state index is 11.8. The Morgan fingerprint density at radius 3 is 2.70 bits per heavy atom. The summed E-state index contributed by atoms with van der Waals surface area (Å²) < 4.78 is 0.701. The van der Waals surface area contributed by atoms with Gasteiger partial charge in [0.05, 0.1) is 5.97 Å². The summed E-state index contributed by atoms with van der Waals surface area (Å²) in [5.41, 5.74) is 1.19. The number of rotatable bonds is 4. The SMILES string of the molecule is C=CCSC1=NC(=Cc2ccc(C(=O)[O-])cc2)C(=O)S1. The maximum Gasteiger partial charge on any atom is 0.244 e. The first kappa shape index (κ1) is 14.6. The first-order valence-corrected chi connectivity index (χ1v) is 7.48. The molecule has 0 amide bonds. The van der Waals surface area contributed by atoms with Gasteiger partial charge in [0, 0.05) is 5.75 Å². The largest absolute Gasteiger partial charge is 0.545 e. The van der Waals surface area contributed by atoms with Crippen molar-refractivity contribution in [3.8, 4) is 0 Å². The van der Waals surface area contributed by atoms with Crippen LogP contribution in [0, 0.1) is 0 Å². The zero-order chi connectivity index (χ0) is 14.5. The first-order valence-electron chi connectivity index (χ1n) is 5.68. The van der Waals surface area contributed by atoms with Crippen LogP contribution in [0.4, 0.5) is 0 Å². The van der Waals surface area contributed by atoms with E-state index in [0.29, 0.717) is 15.8 Å². The van der Waals surface area contributed by atoms with Crippen molar-refractivity contribution in [2.45, 2.75) is 0 Å². The van der Waals surface area contributed by atoms with E-state index in [1.807, 2.05) is 0 Å². The number of nitrogens with zero attached hydrogens (tertiary/aromatic N) is 1. The lowest BCUT2D eigenvalue weighted by molar-refractivity contribution is -0.255. The first-order chi connectivity index (χ1) is 9.60. The summed E-state index contributed by atoms with van der Waals surface area (Å²) in [6, 6.07) is 6.09. The molecule has 0 saturated heterocycles. The van der Waals surface area contributed by atoms with Crippen LogP contribution < -0.4 is 5.11 Å². The van der Waals surface area contributed by atoms with E-state index in [0.717, 1.165) is 17.3 Å². The third kappa shape index (κ3) is 3.61. The highest BCUT2D eigenvalue weighted by Crippen LogP contribution is 2.30. The van der Waals surface area contributed by atoms with Crippen LogP contribution in [-0.2, 0) is 4.79 Å². The quantitative estimate of drug-likeness (QED) is 0.628. The minimum Gasteiger partial charge on any atom is -0.545 e. The van der Waals surface area contributed by atoms with Gasteiger partial charge < -0.3 is 9.90 Å². The van der Waals surface area contributed by atoms with Gasteiger partial charge in [-0.3, -0.25) is 4.79 Å². The molecule has 0 unspecified atom stereocenters. The lowest BCUT2D eigenvalue weighted by Crippen LogP contribution is -2.21. The van der Waals surface area contributed by atoms with Crippen LogP contribution in [0.25, 0.3) is 6.08 Å². The minimum atomic E-state index is -1.22. The van der Waals surface area contributed by atoms with Gasteiger partial charge >= 0.3 is 0 Å². The van der Waals surface area contributed by atoms with Gasteiger partial charge in [0.2, 0.25) is 5.12 Å². The van der Waals surface area contributed by atoms with E-state index >= 15 is 0 Å². The minimum absolute atomic E-state index is 0.102. The molecule has 6 heteroatoms. The zero-order valence-corrected chi connectivity index (χ0v) is 12.0. The molecule has 0 spiro atoms. The summed E-state index contributed by atoms with van der Waals surface area (Å²) >= 11 is 2.55. The molecule has 0 aliphatic carbocycles. The predicted molar refractivity (Wildman–Crippen MR) is 81.4 cm³/mol. The molecule has 1 aromatic carbocycles. The van der Waals surface area contributed by atoms with E-state index in [1.165, 1.54) is 23.9 Å². The monoisotopic (exact) mass is 304 g/mol. The summed E-state index contributed by atoms with van der Waals surface area (Å²) in [5, 5.41) is 10.5. The maximum absolute atomic E-state index is 11.8. The van der Waals surface area contributed by atoms with Gasteiger partial charge in [-0.2, -0.15) is 0 Å². The molecule has 0 N–H and O–H groups in total. The number of carbonyl (C=O) groups excluding carboxylic acids is 2. The van der Waals surface area contributed by atoms with Crippen LogP contribution in [0.3, 0.4) is 0 Å². The fourth-order valence-corrected chi connectivity index (χ4v) is 3.06. The molecule has 2 rings (SSSR count). The Morgan fingerprint density at radius 1 is 1.40 bits per heavy atom. The second-order valence-corrected chi connectivity index (χ2v) is 6.03. The molecule has 0 atom stereocenters. The number of aliphatic imine (C=N–C) groups is 1. The van der Waals surface area contributed by atoms with Gasteiger partial charge in [-0.25, -0.2) is 4.99 Å². The van der Waals surface area contributed by atoms with Crippen molar-refractivity contribution in [1.29, 1.82) is 0 Å². The molecule has 1 heterocycles. The summed E-state index contributed by atoms with van der Waals surface area (Å²) in [7, 11) is 0. The molecule has 0 fully saturated rings. The van der Waals surface area contributed by atoms with Crippen molar-refractivity contribution in [2.75, 3.05) is 5.75 Å². The van der Waals surface area contributed by atoms with E-state index < -0.39 is 5.97 Å². The van der Waals surface area contributed by atoms with Crippen LogP contribution >= 0.6 is 23.5 Å². The van der Waals surface area contributed by atoms with E-state index in [4.69, 9.17) is 0 Å². The molecule has 1 aliphatic rings. The highest BCUT2D eigenvalue weighted by atomic mass is 32.2. The number of benzene rings is 1. The normalized spacial score (nSPS) is 16.3. The Hall–Kier alpha value is -1.79. The third-order valence-corrected chi connectivity index (χ3v) is 4.38. The highest BCUT2D eigenvalue weighted by molar-refractivity contribution is 8.45. The fraction of sp³-hybridized carbons (Fsp3) is 0.0714. The van der Waals surface area contributed by atoms with Crippen LogP contribution in [0.15, 0.2) is 47.6 Å². The van der Waals surface area contributed by atoms with Gasteiger partial charge in [0.25, 0.3) is 0 Å². The van der Waals surface area contributed by atoms with Gasteiger partial charge in [0.15, 0.2) is 0 Å². The van der Waals surface area contributed by atoms with Crippen molar-refractivity contribution in [2.24, 2.45) is 4.99 Å². The molecule has 0 bridgehead atoms. The van der Waals surface area contributed by atoms with Crippen LogP contribution in [0.2, 0.25) is 0 Å². The van der Waals surface area contributed by atoms with Crippen LogP contribution in [-0.4, -0.2) is 21.2 Å². The number of thioether (sulfide) groups is 2. The summed E-state index contributed by atoms with van der Waals surface area (Å²) in [6.07, 6.45) is 3.38. The second kappa shape index (κ2) is 6.58. The van der Waals surface area contributed by atoms with E-state index in [-0.39, 0.29) is 10.7 Å². The molecule has 20 heavy (non-hydrogen) atoms. The summed E-state index contributed by atoms with van der Waals surface area (Å²) in [4.78, 5) is 26.6. The number of carboxylic acids is 1. The topological polar surface area (TPSA) is 69.6 Å². The van der Waals surface area contributed by atoms with Gasteiger partial charge in [0.1, 0.15) is 10.1 Å². The predicted octanol–water partition coefficient (Wildman–Crippen LogP) is 1.94. The molecular weight excluding hydrogens is 294 g/mol. The number of carboxylic acid groups (broad SMARTS) is 1. The van der Waals surface area contributed by atoms with Crippen LogP contribution in [0.5, 0.6) is 0 Å². The molecular formula is C14H10NO3S2-. The lowest BCUT2D eigenvalue weighted by atomic mass is 10.1. The smallest absolute Gasteiger partial charge is 0.244 e. The molecule has 0 radical (unpaired) electrons.